The van der Waals surface area contributed by atoms with Crippen LogP contribution in [0, 0.1) is 17.2 Å². The molecule has 1 aromatic carbocycles. The first-order valence-electron chi connectivity index (χ1n) is 8.13. The van der Waals surface area contributed by atoms with E-state index in [4.69, 9.17) is 10.00 Å². The summed E-state index contributed by atoms with van der Waals surface area (Å²) in [5, 5.41) is 9.11. The molecule has 2 aliphatic rings. The second-order valence-corrected chi connectivity index (χ2v) is 6.36. The van der Waals surface area contributed by atoms with Crippen LogP contribution in [0.25, 0.3) is 0 Å². The van der Waals surface area contributed by atoms with Crippen LogP contribution in [0.4, 0.5) is 0 Å². The Bertz CT molecular complexity index is 533. The maximum absolute atomic E-state index is 9.11. The SMILES string of the molecule is COc1ccc(C#N)cc1CN1CCC[C@H]2CCCC[C@H]21. The highest BCUT2D eigenvalue weighted by molar-refractivity contribution is 5.42. The van der Waals surface area contributed by atoms with Crippen LogP contribution in [0.1, 0.15) is 49.7 Å². The van der Waals surface area contributed by atoms with Gasteiger partial charge in [-0.1, -0.05) is 12.8 Å². The Morgan fingerprint density at radius 1 is 1.24 bits per heavy atom. The molecule has 2 fully saturated rings. The fourth-order valence-corrected chi connectivity index (χ4v) is 4.11. The zero-order valence-electron chi connectivity index (χ0n) is 12.8. The third-order valence-electron chi connectivity index (χ3n) is 5.14. The number of likely N-dealkylation sites (tertiary alicyclic amines) is 1. The molecule has 0 amide bonds. The highest BCUT2D eigenvalue weighted by Crippen LogP contribution is 2.36. The van der Waals surface area contributed by atoms with Gasteiger partial charge in [-0.2, -0.15) is 5.26 Å². The lowest BCUT2D eigenvalue weighted by Gasteiger charge is -2.44. The minimum absolute atomic E-state index is 0.725. The van der Waals surface area contributed by atoms with Gasteiger partial charge in [0.25, 0.3) is 0 Å². The average molecular weight is 284 g/mol. The van der Waals surface area contributed by atoms with Crippen LogP contribution < -0.4 is 4.74 Å². The molecule has 0 aromatic heterocycles. The van der Waals surface area contributed by atoms with Gasteiger partial charge in [-0.3, -0.25) is 4.90 Å². The smallest absolute Gasteiger partial charge is 0.123 e. The number of methoxy groups -OCH3 is 1. The van der Waals surface area contributed by atoms with Crippen molar-refractivity contribution in [3.8, 4) is 11.8 Å². The number of nitriles is 1. The van der Waals surface area contributed by atoms with E-state index in [0.29, 0.717) is 0 Å². The molecule has 1 aliphatic carbocycles. The standard InChI is InChI=1S/C18H24N2O/c1-21-18-9-8-14(12-19)11-16(18)13-20-10-4-6-15-5-2-3-7-17(15)20/h8-9,11,15,17H,2-7,10,13H2,1H3/t15-,17-/m1/s1. The molecule has 112 valence electrons. The monoisotopic (exact) mass is 284 g/mol. The number of piperidine rings is 1. The number of fused-ring (bicyclic) bond motifs is 1. The van der Waals surface area contributed by atoms with Crippen molar-refractivity contribution in [1.82, 2.24) is 4.90 Å². The summed E-state index contributed by atoms with van der Waals surface area (Å²) in [5.74, 6) is 1.80. The molecule has 3 rings (SSSR count). The van der Waals surface area contributed by atoms with Crippen molar-refractivity contribution < 1.29 is 4.74 Å². The van der Waals surface area contributed by atoms with Gasteiger partial charge in [-0.25, -0.2) is 0 Å². The topological polar surface area (TPSA) is 36.3 Å². The Morgan fingerprint density at radius 2 is 2.05 bits per heavy atom. The van der Waals surface area contributed by atoms with Crippen molar-refractivity contribution in [2.24, 2.45) is 5.92 Å². The number of hydrogen-bond donors (Lipinski definition) is 0. The van der Waals surface area contributed by atoms with Crippen molar-refractivity contribution in [3.05, 3.63) is 29.3 Å². The van der Waals surface area contributed by atoms with E-state index in [-0.39, 0.29) is 0 Å². The number of hydrogen-bond acceptors (Lipinski definition) is 3. The highest BCUT2D eigenvalue weighted by atomic mass is 16.5. The summed E-state index contributed by atoms with van der Waals surface area (Å²) in [5.41, 5.74) is 1.88. The van der Waals surface area contributed by atoms with Crippen molar-refractivity contribution in [2.75, 3.05) is 13.7 Å². The molecule has 1 aliphatic heterocycles. The summed E-state index contributed by atoms with van der Waals surface area (Å²) in [6, 6.07) is 8.73. The van der Waals surface area contributed by atoms with Crippen LogP contribution in [0.3, 0.4) is 0 Å². The van der Waals surface area contributed by atoms with E-state index in [1.165, 1.54) is 45.1 Å². The van der Waals surface area contributed by atoms with Crippen molar-refractivity contribution >= 4 is 0 Å². The third-order valence-corrected chi connectivity index (χ3v) is 5.14. The van der Waals surface area contributed by atoms with Crippen LogP contribution in [-0.2, 0) is 6.54 Å². The van der Waals surface area contributed by atoms with Crippen LogP contribution in [-0.4, -0.2) is 24.6 Å². The minimum atomic E-state index is 0.725. The summed E-state index contributed by atoms with van der Waals surface area (Å²) in [7, 11) is 1.71. The third kappa shape index (κ3) is 3.06. The number of rotatable bonds is 3. The lowest BCUT2D eigenvalue weighted by Crippen LogP contribution is -2.46. The van der Waals surface area contributed by atoms with Gasteiger partial charge >= 0.3 is 0 Å². The quantitative estimate of drug-likeness (QED) is 0.848. The molecule has 0 N–H and O–H groups in total. The van der Waals surface area contributed by atoms with E-state index in [1.807, 2.05) is 18.2 Å². The first kappa shape index (κ1) is 14.4. The second kappa shape index (κ2) is 6.49. The molecular weight excluding hydrogens is 260 g/mol. The fourth-order valence-electron chi connectivity index (χ4n) is 4.11. The molecule has 1 saturated heterocycles. The maximum atomic E-state index is 9.11. The predicted molar refractivity (Wildman–Crippen MR) is 83.1 cm³/mol. The maximum Gasteiger partial charge on any atom is 0.123 e. The fraction of sp³-hybridized carbons (Fsp3) is 0.611. The zero-order valence-corrected chi connectivity index (χ0v) is 12.8. The first-order chi connectivity index (χ1) is 10.3. The normalized spacial score (nSPS) is 25.9. The number of benzene rings is 1. The zero-order chi connectivity index (χ0) is 14.7. The lowest BCUT2D eigenvalue weighted by atomic mass is 9.78. The van der Waals surface area contributed by atoms with E-state index < -0.39 is 0 Å². The Morgan fingerprint density at radius 3 is 2.86 bits per heavy atom. The molecule has 21 heavy (non-hydrogen) atoms. The molecular formula is C18H24N2O. The van der Waals surface area contributed by atoms with Crippen molar-refractivity contribution in [2.45, 2.75) is 51.1 Å². The summed E-state index contributed by atoms with van der Waals surface area (Å²) >= 11 is 0. The van der Waals surface area contributed by atoms with Crippen LogP contribution in [0.15, 0.2) is 18.2 Å². The van der Waals surface area contributed by atoms with Crippen LogP contribution >= 0.6 is 0 Å². The van der Waals surface area contributed by atoms with Gasteiger partial charge in [0.2, 0.25) is 0 Å². The summed E-state index contributed by atoms with van der Waals surface area (Å²) < 4.78 is 5.49. The molecule has 2 atom stereocenters. The molecule has 3 heteroatoms. The van der Waals surface area contributed by atoms with E-state index in [0.717, 1.165) is 35.4 Å². The van der Waals surface area contributed by atoms with Crippen molar-refractivity contribution in [3.63, 3.8) is 0 Å². The Kier molecular flexibility index (Phi) is 4.45. The van der Waals surface area contributed by atoms with E-state index in [9.17, 15) is 0 Å². The molecule has 1 aromatic rings. The Balaban J connectivity index is 1.80. The van der Waals surface area contributed by atoms with Gasteiger partial charge in [0.1, 0.15) is 5.75 Å². The Labute approximate surface area is 127 Å². The van der Waals surface area contributed by atoms with Gasteiger partial charge < -0.3 is 4.74 Å². The van der Waals surface area contributed by atoms with Gasteiger partial charge in [0.15, 0.2) is 0 Å². The van der Waals surface area contributed by atoms with Gasteiger partial charge in [0.05, 0.1) is 18.7 Å². The van der Waals surface area contributed by atoms with Crippen molar-refractivity contribution in [1.29, 1.82) is 5.26 Å². The summed E-state index contributed by atoms with van der Waals surface area (Å²) in [6.07, 6.45) is 8.22. The molecule has 0 unspecified atom stereocenters. The highest BCUT2D eigenvalue weighted by Gasteiger charge is 2.33. The van der Waals surface area contributed by atoms with Crippen LogP contribution in [0.5, 0.6) is 5.75 Å². The average Bonchev–Trinajstić information content (AvgIpc) is 2.55. The van der Waals surface area contributed by atoms with Gasteiger partial charge in [-0.15, -0.1) is 0 Å². The van der Waals surface area contributed by atoms with E-state index in [1.54, 1.807) is 7.11 Å². The molecule has 0 spiro atoms. The lowest BCUT2D eigenvalue weighted by molar-refractivity contribution is 0.0541. The van der Waals surface area contributed by atoms with E-state index in [2.05, 4.69) is 11.0 Å². The largest absolute Gasteiger partial charge is 0.496 e. The molecule has 0 bridgehead atoms. The van der Waals surface area contributed by atoms with Gasteiger partial charge in [-0.05, 0) is 56.3 Å². The Hall–Kier alpha value is -1.53. The van der Waals surface area contributed by atoms with Gasteiger partial charge in [0, 0.05) is 18.2 Å². The molecule has 0 radical (unpaired) electrons. The minimum Gasteiger partial charge on any atom is -0.496 e. The summed E-state index contributed by atoms with van der Waals surface area (Å²) in [6.45, 7) is 2.10. The second-order valence-electron chi connectivity index (χ2n) is 6.36. The molecule has 1 heterocycles. The molecule has 1 saturated carbocycles. The first-order valence-corrected chi connectivity index (χ1v) is 8.13. The number of ether oxygens (including phenoxy) is 1. The van der Waals surface area contributed by atoms with E-state index >= 15 is 0 Å². The predicted octanol–water partition coefficient (Wildman–Crippen LogP) is 3.72. The van der Waals surface area contributed by atoms with Crippen LogP contribution in [0.2, 0.25) is 0 Å². The molecule has 3 nitrogen and oxygen atoms in total. The number of nitrogens with zero attached hydrogens (tertiary/aromatic N) is 2. The summed E-state index contributed by atoms with van der Waals surface area (Å²) in [4.78, 5) is 2.63.